The Balaban J connectivity index is 1.83. The van der Waals surface area contributed by atoms with Crippen molar-refractivity contribution in [2.45, 2.75) is 6.54 Å². The molecule has 112 valence electrons. The van der Waals surface area contributed by atoms with Crippen LogP contribution in [-0.2, 0) is 13.6 Å². The van der Waals surface area contributed by atoms with E-state index in [4.69, 9.17) is 4.42 Å². The average Bonchev–Trinajstić information content (AvgIpc) is 3.12. The number of aromatic nitrogens is 2. The van der Waals surface area contributed by atoms with Gasteiger partial charge in [-0.3, -0.25) is 9.59 Å². The number of rotatable bonds is 3. The molecule has 3 aromatic heterocycles. The zero-order chi connectivity index (χ0) is 15.5. The Morgan fingerprint density at radius 1 is 1.27 bits per heavy atom. The maximum Gasteiger partial charge on any atom is 0.315 e. The van der Waals surface area contributed by atoms with E-state index in [9.17, 15) is 9.59 Å². The highest BCUT2D eigenvalue weighted by Crippen LogP contribution is 2.10. The molecule has 7 heteroatoms. The molecule has 3 heterocycles. The first kappa shape index (κ1) is 14.3. The molecule has 1 amide bonds. The number of amides is 1. The summed E-state index contributed by atoms with van der Waals surface area (Å²) in [5, 5.41) is 1.85. The quantitative estimate of drug-likeness (QED) is 0.737. The summed E-state index contributed by atoms with van der Waals surface area (Å²) in [5.74, 6) is 0.250. The zero-order valence-electron chi connectivity index (χ0n) is 11.8. The van der Waals surface area contributed by atoms with Crippen molar-refractivity contribution in [1.29, 1.82) is 0 Å². The van der Waals surface area contributed by atoms with E-state index in [0.717, 1.165) is 0 Å². The van der Waals surface area contributed by atoms with Gasteiger partial charge in [-0.05, 0) is 18.2 Å². The summed E-state index contributed by atoms with van der Waals surface area (Å²) >= 11 is 1.37. The van der Waals surface area contributed by atoms with E-state index in [2.05, 4.69) is 4.99 Å². The van der Waals surface area contributed by atoms with Crippen molar-refractivity contribution in [3.63, 3.8) is 0 Å². The monoisotopic (exact) mass is 315 g/mol. The number of furan rings is 1. The smallest absolute Gasteiger partial charge is 0.315 e. The van der Waals surface area contributed by atoms with Gasteiger partial charge < -0.3 is 13.6 Å². The van der Waals surface area contributed by atoms with Crippen molar-refractivity contribution >= 4 is 17.2 Å². The second kappa shape index (κ2) is 5.98. The van der Waals surface area contributed by atoms with Crippen LogP contribution in [0.2, 0.25) is 0 Å². The maximum absolute atomic E-state index is 12.1. The molecule has 0 aliphatic heterocycles. The molecule has 0 atom stereocenters. The molecule has 0 saturated heterocycles. The lowest BCUT2D eigenvalue weighted by atomic mass is 10.4. The summed E-state index contributed by atoms with van der Waals surface area (Å²) in [6.07, 6.45) is 3.49. The van der Waals surface area contributed by atoms with Crippen LogP contribution in [0, 0.1) is 0 Å². The summed E-state index contributed by atoms with van der Waals surface area (Å²) in [7, 11) is 1.82. The molecule has 3 rings (SSSR count). The Kier molecular flexibility index (Phi) is 3.88. The normalized spacial score (nSPS) is 11.8. The van der Waals surface area contributed by atoms with Crippen LogP contribution in [-0.4, -0.2) is 15.0 Å². The zero-order valence-corrected chi connectivity index (χ0v) is 12.6. The van der Waals surface area contributed by atoms with Crippen molar-refractivity contribution in [1.82, 2.24) is 9.13 Å². The fourth-order valence-electron chi connectivity index (χ4n) is 1.91. The van der Waals surface area contributed by atoms with Crippen molar-refractivity contribution < 1.29 is 9.21 Å². The summed E-state index contributed by atoms with van der Waals surface area (Å²) in [6, 6.07) is 8.17. The molecule has 3 aromatic rings. The van der Waals surface area contributed by atoms with E-state index >= 15 is 0 Å². The van der Waals surface area contributed by atoms with Gasteiger partial charge in [-0.25, -0.2) is 0 Å². The minimum absolute atomic E-state index is 0.123. The molecule has 22 heavy (non-hydrogen) atoms. The first-order chi connectivity index (χ1) is 10.6. The lowest BCUT2D eigenvalue weighted by Crippen LogP contribution is -2.17. The largest absolute Gasteiger partial charge is 0.454 e. The molecule has 0 N–H and O–H groups in total. The first-order valence-electron chi connectivity index (χ1n) is 6.57. The number of pyridine rings is 1. The van der Waals surface area contributed by atoms with Gasteiger partial charge in [0, 0.05) is 30.9 Å². The number of nitrogens with zero attached hydrogens (tertiary/aromatic N) is 3. The molecule has 0 spiro atoms. The lowest BCUT2D eigenvalue weighted by Gasteiger charge is -2.01. The van der Waals surface area contributed by atoms with Crippen molar-refractivity contribution in [2.24, 2.45) is 12.0 Å². The van der Waals surface area contributed by atoms with E-state index in [1.165, 1.54) is 22.0 Å². The van der Waals surface area contributed by atoms with Crippen molar-refractivity contribution in [2.75, 3.05) is 0 Å². The third-order valence-electron chi connectivity index (χ3n) is 3.05. The van der Waals surface area contributed by atoms with Gasteiger partial charge in [0.25, 0.3) is 5.56 Å². The predicted octanol–water partition coefficient (Wildman–Crippen LogP) is 1.63. The lowest BCUT2D eigenvalue weighted by molar-refractivity contribution is 0.0969. The van der Waals surface area contributed by atoms with Crippen LogP contribution in [0.4, 0.5) is 0 Å². The molecule has 0 aliphatic rings. The minimum Gasteiger partial charge on any atom is -0.454 e. The van der Waals surface area contributed by atoms with Crippen LogP contribution in [0.25, 0.3) is 0 Å². The number of aryl methyl sites for hydroxylation is 1. The number of hydrogen-bond donors (Lipinski definition) is 0. The maximum atomic E-state index is 12.1. The van der Waals surface area contributed by atoms with E-state index in [1.807, 2.05) is 18.6 Å². The van der Waals surface area contributed by atoms with Gasteiger partial charge in [0.2, 0.25) is 0 Å². The second-order valence-corrected chi connectivity index (χ2v) is 5.52. The van der Waals surface area contributed by atoms with Gasteiger partial charge >= 0.3 is 5.91 Å². The summed E-state index contributed by atoms with van der Waals surface area (Å²) < 4.78 is 8.75. The van der Waals surface area contributed by atoms with Gasteiger partial charge in [0.05, 0.1) is 6.54 Å². The van der Waals surface area contributed by atoms with Crippen LogP contribution < -0.4 is 10.4 Å². The molecule has 0 fully saturated rings. The summed E-state index contributed by atoms with van der Waals surface area (Å²) in [6.45, 7) is 0.278. The summed E-state index contributed by atoms with van der Waals surface area (Å²) in [5.41, 5.74) is -0.123. The molecule has 0 radical (unpaired) electrons. The minimum atomic E-state index is -0.440. The SMILES string of the molecule is Cn1ccsc1=NC(=O)c1ccc(Cn2ccccc2=O)o1. The van der Waals surface area contributed by atoms with Crippen LogP contribution in [0.3, 0.4) is 0 Å². The van der Waals surface area contributed by atoms with Gasteiger partial charge in [0.15, 0.2) is 10.6 Å². The number of carbonyl (C=O) groups is 1. The molecule has 0 unspecified atom stereocenters. The van der Waals surface area contributed by atoms with Crippen LogP contribution in [0.5, 0.6) is 0 Å². The number of thiazole rings is 1. The van der Waals surface area contributed by atoms with Crippen LogP contribution in [0.15, 0.2) is 62.3 Å². The number of hydrogen-bond acceptors (Lipinski definition) is 4. The van der Waals surface area contributed by atoms with Crippen molar-refractivity contribution in [3.05, 3.63) is 74.8 Å². The Hall–Kier alpha value is -2.67. The van der Waals surface area contributed by atoms with Gasteiger partial charge in [-0.1, -0.05) is 6.07 Å². The highest BCUT2D eigenvalue weighted by Gasteiger charge is 2.11. The standard InChI is InChI=1S/C15H13N3O3S/c1-17-8-9-22-15(17)16-14(20)12-6-5-11(21-12)10-18-7-3-2-4-13(18)19/h2-9H,10H2,1H3. The Morgan fingerprint density at radius 2 is 2.14 bits per heavy atom. The molecule has 6 nitrogen and oxygen atoms in total. The Labute approximate surface area is 129 Å². The van der Waals surface area contributed by atoms with Gasteiger partial charge in [-0.2, -0.15) is 4.99 Å². The molecule has 0 aromatic carbocycles. The fourth-order valence-corrected chi connectivity index (χ4v) is 2.64. The Morgan fingerprint density at radius 3 is 2.86 bits per heavy atom. The second-order valence-electron chi connectivity index (χ2n) is 4.65. The third-order valence-corrected chi connectivity index (χ3v) is 3.90. The van der Waals surface area contributed by atoms with Crippen LogP contribution in [0.1, 0.15) is 16.3 Å². The molecular formula is C15H13N3O3S. The number of carbonyl (C=O) groups excluding carboxylic acids is 1. The third kappa shape index (κ3) is 2.99. The highest BCUT2D eigenvalue weighted by atomic mass is 32.1. The molecule has 0 saturated carbocycles. The van der Waals surface area contributed by atoms with Gasteiger partial charge in [-0.15, -0.1) is 11.3 Å². The van der Waals surface area contributed by atoms with E-state index in [0.29, 0.717) is 10.6 Å². The van der Waals surface area contributed by atoms with E-state index in [-0.39, 0.29) is 17.9 Å². The molecule has 0 aliphatic carbocycles. The predicted molar refractivity (Wildman–Crippen MR) is 81.7 cm³/mol. The fraction of sp³-hybridized carbons (Fsp3) is 0.133. The summed E-state index contributed by atoms with van der Waals surface area (Å²) in [4.78, 5) is 28.3. The van der Waals surface area contributed by atoms with Gasteiger partial charge in [0.1, 0.15) is 5.76 Å². The first-order valence-corrected chi connectivity index (χ1v) is 7.45. The molecule has 0 bridgehead atoms. The van der Waals surface area contributed by atoms with Crippen molar-refractivity contribution in [3.8, 4) is 0 Å². The Bertz CT molecular complexity index is 929. The highest BCUT2D eigenvalue weighted by molar-refractivity contribution is 7.07. The average molecular weight is 315 g/mol. The van der Waals surface area contributed by atoms with Crippen LogP contribution >= 0.6 is 11.3 Å². The van der Waals surface area contributed by atoms with E-state index in [1.54, 1.807) is 35.0 Å². The topological polar surface area (TPSA) is 69.5 Å². The molecular weight excluding hydrogens is 302 g/mol. The van der Waals surface area contributed by atoms with E-state index < -0.39 is 5.91 Å².